The molecule has 0 aromatic heterocycles. The van der Waals surface area contributed by atoms with Crippen molar-refractivity contribution < 1.29 is 9.90 Å². The summed E-state index contributed by atoms with van der Waals surface area (Å²) in [5.74, 6) is 0.466. The number of aromatic hydroxyl groups is 1. The van der Waals surface area contributed by atoms with Crippen molar-refractivity contribution in [3.05, 3.63) is 35.4 Å². The van der Waals surface area contributed by atoms with Crippen LogP contribution in [0.2, 0.25) is 0 Å². The molecule has 80 valence electrons. The van der Waals surface area contributed by atoms with E-state index < -0.39 is 0 Å². The highest BCUT2D eigenvalue weighted by atomic mass is 35.5. The van der Waals surface area contributed by atoms with Crippen LogP contribution in [0.3, 0.4) is 0 Å². The minimum absolute atomic E-state index is 0.0236. The Morgan fingerprint density at radius 1 is 1.53 bits per heavy atom. The molecule has 1 aromatic carbocycles. The van der Waals surface area contributed by atoms with Crippen molar-refractivity contribution in [2.24, 2.45) is 0 Å². The number of ketones is 1. The molecule has 0 spiro atoms. The zero-order valence-electron chi connectivity index (χ0n) is 8.53. The largest absolute Gasteiger partial charge is 0.507 e. The average molecular weight is 225 g/mol. The molecule has 0 bridgehead atoms. The minimum atomic E-state index is -0.135. The predicted molar refractivity (Wildman–Crippen MR) is 62.5 cm³/mol. The number of halogens is 1. The molecule has 1 aromatic rings. The number of alkyl halides is 1. The first-order chi connectivity index (χ1) is 7.15. The van der Waals surface area contributed by atoms with E-state index in [1.54, 1.807) is 18.2 Å². The fraction of sp³-hybridized carbons (Fsp3) is 0.250. The van der Waals surface area contributed by atoms with Crippen LogP contribution in [0.15, 0.2) is 24.3 Å². The summed E-state index contributed by atoms with van der Waals surface area (Å²) in [5.41, 5.74) is 1.21. The molecule has 15 heavy (non-hydrogen) atoms. The van der Waals surface area contributed by atoms with Crippen LogP contribution < -0.4 is 0 Å². The second kappa shape index (κ2) is 5.56. The molecule has 0 aliphatic rings. The van der Waals surface area contributed by atoms with Crippen LogP contribution in [0.1, 0.15) is 29.3 Å². The minimum Gasteiger partial charge on any atom is -0.507 e. The van der Waals surface area contributed by atoms with Crippen LogP contribution >= 0.6 is 11.6 Å². The molecule has 0 saturated carbocycles. The first-order valence-electron chi connectivity index (χ1n) is 4.71. The monoisotopic (exact) mass is 224 g/mol. The molecule has 0 amide bonds. The number of phenols is 1. The van der Waals surface area contributed by atoms with Gasteiger partial charge in [0.15, 0.2) is 5.78 Å². The van der Waals surface area contributed by atoms with E-state index in [1.807, 2.05) is 12.2 Å². The summed E-state index contributed by atoms with van der Waals surface area (Å²) in [6.07, 6.45) is 4.58. The number of rotatable bonds is 4. The van der Waals surface area contributed by atoms with Gasteiger partial charge in [-0.25, -0.2) is 0 Å². The predicted octanol–water partition coefficient (Wildman–Crippen LogP) is 3.24. The number of carbonyl (C=O) groups is 1. The van der Waals surface area contributed by atoms with E-state index >= 15 is 0 Å². The third-order valence-corrected chi connectivity index (χ3v) is 2.21. The van der Waals surface area contributed by atoms with Crippen molar-refractivity contribution >= 4 is 23.5 Å². The maximum Gasteiger partial charge on any atom is 0.163 e. The Morgan fingerprint density at radius 3 is 2.80 bits per heavy atom. The average Bonchev–Trinajstić information content (AvgIpc) is 2.17. The Kier molecular flexibility index (Phi) is 4.37. The van der Waals surface area contributed by atoms with Crippen LogP contribution in [0.5, 0.6) is 5.75 Å². The highest BCUT2D eigenvalue weighted by Gasteiger charge is 2.05. The third-order valence-electron chi connectivity index (χ3n) is 1.99. The lowest BCUT2D eigenvalue weighted by Crippen LogP contribution is -1.92. The molecule has 0 saturated heterocycles. The van der Waals surface area contributed by atoms with E-state index in [4.69, 9.17) is 11.6 Å². The first kappa shape index (κ1) is 11.8. The van der Waals surface area contributed by atoms with E-state index in [9.17, 15) is 9.90 Å². The van der Waals surface area contributed by atoms with Crippen LogP contribution in [-0.2, 0) is 0 Å². The summed E-state index contributed by atoms with van der Waals surface area (Å²) in [6, 6.07) is 4.99. The summed E-state index contributed by atoms with van der Waals surface area (Å²) in [7, 11) is 0. The second-order valence-electron chi connectivity index (χ2n) is 3.21. The Bertz CT molecular complexity index is 383. The second-order valence-corrected chi connectivity index (χ2v) is 3.59. The van der Waals surface area contributed by atoms with Crippen molar-refractivity contribution in [2.75, 3.05) is 5.88 Å². The Balaban J connectivity index is 2.87. The quantitative estimate of drug-likeness (QED) is 0.630. The van der Waals surface area contributed by atoms with Crippen LogP contribution in [0, 0.1) is 0 Å². The molecule has 1 N–H and O–H groups in total. The fourth-order valence-corrected chi connectivity index (χ4v) is 1.36. The summed E-state index contributed by atoms with van der Waals surface area (Å²) >= 11 is 5.52. The van der Waals surface area contributed by atoms with Crippen molar-refractivity contribution in [3.63, 3.8) is 0 Å². The number of phenolic OH excluding ortho intramolecular Hbond substituents is 1. The molecule has 0 unspecified atom stereocenters. The number of allylic oxidation sites excluding steroid dienone is 1. The van der Waals surface area contributed by atoms with Crippen LogP contribution in [-0.4, -0.2) is 16.8 Å². The standard InChI is InChI=1S/C12H13ClO2/c1-9(14)11-6-5-10(8-12(11)15)4-2-3-7-13/h2,4-6,8,15H,3,7H2,1H3. The van der Waals surface area contributed by atoms with E-state index in [-0.39, 0.29) is 11.5 Å². The SMILES string of the molecule is CC(=O)c1ccc(C=CCCCl)cc1O. The van der Waals surface area contributed by atoms with E-state index in [1.165, 1.54) is 6.92 Å². The van der Waals surface area contributed by atoms with E-state index in [0.29, 0.717) is 11.4 Å². The van der Waals surface area contributed by atoms with E-state index in [2.05, 4.69) is 0 Å². The Labute approximate surface area is 94.2 Å². The molecule has 0 radical (unpaired) electrons. The Hall–Kier alpha value is -1.28. The number of hydrogen-bond donors (Lipinski definition) is 1. The van der Waals surface area contributed by atoms with E-state index in [0.717, 1.165) is 12.0 Å². The molecule has 0 fully saturated rings. The Morgan fingerprint density at radius 2 is 2.27 bits per heavy atom. The highest BCUT2D eigenvalue weighted by molar-refractivity contribution is 6.17. The highest BCUT2D eigenvalue weighted by Crippen LogP contribution is 2.20. The lowest BCUT2D eigenvalue weighted by atomic mass is 10.1. The van der Waals surface area contributed by atoms with Gasteiger partial charge in [0.1, 0.15) is 5.75 Å². The number of Topliss-reactive ketones (excluding diaryl/α,β-unsaturated/α-hetero) is 1. The van der Waals surface area contributed by atoms with Crippen molar-refractivity contribution in [3.8, 4) is 5.75 Å². The number of carbonyl (C=O) groups excluding carboxylic acids is 1. The molecule has 1 rings (SSSR count). The summed E-state index contributed by atoms with van der Waals surface area (Å²) in [5, 5.41) is 9.54. The molecule has 2 nitrogen and oxygen atoms in total. The summed E-state index contributed by atoms with van der Waals surface area (Å²) in [6.45, 7) is 1.43. The fourth-order valence-electron chi connectivity index (χ4n) is 1.23. The zero-order valence-corrected chi connectivity index (χ0v) is 9.29. The third kappa shape index (κ3) is 3.40. The van der Waals surface area contributed by atoms with Gasteiger partial charge in [-0.2, -0.15) is 0 Å². The molecule has 0 aliphatic heterocycles. The van der Waals surface area contributed by atoms with Gasteiger partial charge in [-0.05, 0) is 31.0 Å². The number of benzene rings is 1. The van der Waals surface area contributed by atoms with Gasteiger partial charge in [-0.15, -0.1) is 11.6 Å². The van der Waals surface area contributed by atoms with Crippen molar-refractivity contribution in [1.29, 1.82) is 0 Å². The number of hydrogen-bond acceptors (Lipinski definition) is 2. The van der Waals surface area contributed by atoms with Crippen molar-refractivity contribution in [2.45, 2.75) is 13.3 Å². The maximum atomic E-state index is 11.0. The lowest BCUT2D eigenvalue weighted by Gasteiger charge is -2.01. The summed E-state index contributed by atoms with van der Waals surface area (Å²) < 4.78 is 0. The van der Waals surface area contributed by atoms with Crippen molar-refractivity contribution in [1.82, 2.24) is 0 Å². The molecule has 0 aliphatic carbocycles. The molecule has 0 heterocycles. The van der Waals surface area contributed by atoms with Gasteiger partial charge in [0, 0.05) is 5.88 Å². The topological polar surface area (TPSA) is 37.3 Å². The lowest BCUT2D eigenvalue weighted by molar-refractivity contribution is 0.101. The first-order valence-corrected chi connectivity index (χ1v) is 5.25. The molecular weight excluding hydrogens is 212 g/mol. The molecular formula is C12H13ClO2. The smallest absolute Gasteiger partial charge is 0.163 e. The van der Waals surface area contributed by atoms with Gasteiger partial charge < -0.3 is 5.11 Å². The summed E-state index contributed by atoms with van der Waals surface area (Å²) in [4.78, 5) is 11.0. The van der Waals surface area contributed by atoms with Gasteiger partial charge in [0.25, 0.3) is 0 Å². The molecule has 3 heteroatoms. The zero-order chi connectivity index (χ0) is 11.3. The normalized spacial score (nSPS) is 10.8. The van der Waals surface area contributed by atoms with Gasteiger partial charge in [0.05, 0.1) is 5.56 Å². The van der Waals surface area contributed by atoms with Crippen LogP contribution in [0.25, 0.3) is 6.08 Å². The van der Waals surface area contributed by atoms with Gasteiger partial charge in [0.2, 0.25) is 0 Å². The molecule has 0 atom stereocenters. The van der Waals surface area contributed by atoms with Gasteiger partial charge in [-0.1, -0.05) is 18.2 Å². The van der Waals surface area contributed by atoms with Gasteiger partial charge >= 0.3 is 0 Å². The van der Waals surface area contributed by atoms with Gasteiger partial charge in [-0.3, -0.25) is 4.79 Å². The van der Waals surface area contributed by atoms with Crippen LogP contribution in [0.4, 0.5) is 0 Å². The maximum absolute atomic E-state index is 11.0.